The van der Waals surface area contributed by atoms with Crippen molar-refractivity contribution >= 4 is 27.5 Å². The first-order chi connectivity index (χ1) is 4.63. The number of rotatable bonds is 0. The van der Waals surface area contributed by atoms with Crippen LogP contribution in [0.5, 0.6) is 5.75 Å². The zero-order valence-corrected chi connectivity index (χ0v) is 7.03. The lowest BCUT2D eigenvalue weighted by molar-refractivity contribution is 0.466. The van der Waals surface area contributed by atoms with Crippen LogP contribution in [-0.4, -0.2) is 10.1 Å². The number of hydrogen-bond donors (Lipinski definition) is 2. The van der Waals surface area contributed by atoms with Crippen molar-refractivity contribution in [3.05, 3.63) is 26.0 Å². The number of pyridine rings is 1. The first-order valence-electron chi connectivity index (χ1n) is 2.38. The van der Waals surface area contributed by atoms with Crippen LogP contribution in [0.3, 0.4) is 0 Å². The van der Waals surface area contributed by atoms with E-state index in [2.05, 4.69) is 20.9 Å². The van der Waals surface area contributed by atoms with Crippen molar-refractivity contribution in [2.45, 2.75) is 0 Å². The average Bonchev–Trinajstić information content (AvgIpc) is 1.93. The van der Waals surface area contributed by atoms with Gasteiger partial charge in [0, 0.05) is 6.20 Å². The molecule has 1 aromatic rings. The molecule has 0 bridgehead atoms. The molecule has 10 heavy (non-hydrogen) atoms. The summed E-state index contributed by atoms with van der Waals surface area (Å²) in [4.78, 5) is 12.9. The van der Waals surface area contributed by atoms with Crippen LogP contribution in [0.2, 0.25) is 5.02 Å². The second-order valence-electron chi connectivity index (χ2n) is 1.63. The maximum atomic E-state index is 10.6. The van der Waals surface area contributed by atoms with Gasteiger partial charge in [0.05, 0.1) is 4.47 Å². The summed E-state index contributed by atoms with van der Waals surface area (Å²) in [6.45, 7) is 0. The topological polar surface area (TPSA) is 53.1 Å². The van der Waals surface area contributed by atoms with Crippen LogP contribution in [0.1, 0.15) is 0 Å². The van der Waals surface area contributed by atoms with Crippen molar-refractivity contribution in [1.82, 2.24) is 4.98 Å². The highest BCUT2D eigenvalue weighted by Crippen LogP contribution is 2.26. The Morgan fingerprint density at radius 3 is 2.80 bits per heavy atom. The highest BCUT2D eigenvalue weighted by molar-refractivity contribution is 9.10. The molecule has 3 nitrogen and oxygen atoms in total. The number of aromatic amines is 1. The molecule has 0 aliphatic carbocycles. The molecule has 0 aliphatic rings. The fourth-order valence-electron chi connectivity index (χ4n) is 0.473. The van der Waals surface area contributed by atoms with Crippen LogP contribution >= 0.6 is 27.5 Å². The molecule has 0 saturated heterocycles. The molecule has 1 heterocycles. The van der Waals surface area contributed by atoms with E-state index in [0.29, 0.717) is 4.47 Å². The summed E-state index contributed by atoms with van der Waals surface area (Å²) in [5, 5.41) is 8.91. The molecule has 0 radical (unpaired) electrons. The Balaban J connectivity index is 3.49. The maximum absolute atomic E-state index is 10.6. The van der Waals surface area contributed by atoms with Crippen LogP contribution in [0.15, 0.2) is 15.5 Å². The van der Waals surface area contributed by atoms with Crippen molar-refractivity contribution in [3.8, 4) is 5.75 Å². The summed E-state index contributed by atoms with van der Waals surface area (Å²) in [6, 6.07) is 0. The minimum atomic E-state index is -0.590. The zero-order valence-electron chi connectivity index (χ0n) is 4.69. The lowest BCUT2D eigenvalue weighted by atomic mass is 10.4. The van der Waals surface area contributed by atoms with Gasteiger partial charge in [-0.3, -0.25) is 4.79 Å². The molecule has 0 unspecified atom stereocenters. The van der Waals surface area contributed by atoms with E-state index >= 15 is 0 Å². The maximum Gasteiger partial charge on any atom is 0.291 e. The molecule has 0 atom stereocenters. The number of aromatic nitrogens is 1. The molecule has 2 N–H and O–H groups in total. The predicted octanol–water partition coefficient (Wildman–Crippen LogP) is 1.50. The molecule has 54 valence electrons. The van der Waals surface area contributed by atoms with E-state index < -0.39 is 11.3 Å². The van der Waals surface area contributed by atoms with Gasteiger partial charge in [0.1, 0.15) is 5.02 Å². The molecule has 1 aromatic heterocycles. The Morgan fingerprint density at radius 2 is 2.30 bits per heavy atom. The third kappa shape index (κ3) is 1.17. The van der Waals surface area contributed by atoms with Crippen LogP contribution in [0.4, 0.5) is 0 Å². The standard InChI is InChI=1S/C5H3BrClNO2/c6-2-1-8-5(10)4(9)3(2)7/h1,9H,(H,8,10). The van der Waals surface area contributed by atoms with Gasteiger partial charge in [-0.15, -0.1) is 0 Å². The van der Waals surface area contributed by atoms with Gasteiger partial charge in [0.25, 0.3) is 5.56 Å². The SMILES string of the molecule is O=c1[nH]cc(Br)c(Cl)c1O. The van der Waals surface area contributed by atoms with Crippen LogP contribution < -0.4 is 5.56 Å². The molecule has 0 spiro atoms. The summed E-state index contributed by atoms with van der Waals surface area (Å²) in [6.07, 6.45) is 1.37. The summed E-state index contributed by atoms with van der Waals surface area (Å²) in [5.74, 6) is -0.462. The normalized spacial score (nSPS) is 9.80. The summed E-state index contributed by atoms with van der Waals surface area (Å²) >= 11 is 8.48. The highest BCUT2D eigenvalue weighted by atomic mass is 79.9. The number of hydrogen-bond acceptors (Lipinski definition) is 2. The summed E-state index contributed by atoms with van der Waals surface area (Å²) in [7, 11) is 0. The highest BCUT2D eigenvalue weighted by Gasteiger charge is 2.05. The Kier molecular flexibility index (Phi) is 2.01. The van der Waals surface area contributed by atoms with Gasteiger partial charge in [-0.05, 0) is 15.9 Å². The molecule has 5 heteroatoms. The molecular weight excluding hydrogens is 221 g/mol. The summed E-state index contributed by atoms with van der Waals surface area (Å²) < 4.78 is 0.464. The van der Waals surface area contributed by atoms with E-state index in [9.17, 15) is 4.79 Å². The third-order valence-electron chi connectivity index (χ3n) is 0.963. The molecule has 0 saturated carbocycles. The van der Waals surface area contributed by atoms with E-state index in [1.165, 1.54) is 6.20 Å². The predicted molar refractivity (Wildman–Crippen MR) is 41.4 cm³/mol. The Morgan fingerprint density at radius 1 is 1.70 bits per heavy atom. The lowest BCUT2D eigenvalue weighted by Crippen LogP contribution is -2.03. The van der Waals surface area contributed by atoms with Gasteiger partial charge >= 0.3 is 0 Å². The fraction of sp³-hybridized carbons (Fsp3) is 0. The quantitative estimate of drug-likeness (QED) is 0.702. The zero-order chi connectivity index (χ0) is 7.72. The minimum absolute atomic E-state index is 0.0313. The molecule has 0 aliphatic heterocycles. The minimum Gasteiger partial charge on any atom is -0.502 e. The second kappa shape index (κ2) is 2.64. The number of aromatic hydroxyl groups is 1. The monoisotopic (exact) mass is 223 g/mol. The van der Waals surface area contributed by atoms with Crippen LogP contribution in [-0.2, 0) is 0 Å². The van der Waals surface area contributed by atoms with Crippen molar-refractivity contribution in [2.24, 2.45) is 0 Å². The first-order valence-corrected chi connectivity index (χ1v) is 3.55. The van der Waals surface area contributed by atoms with Gasteiger partial charge in [-0.2, -0.15) is 0 Å². The summed E-state index contributed by atoms with van der Waals surface area (Å²) in [5.41, 5.74) is -0.590. The molecule has 0 amide bonds. The Bertz CT molecular complexity index is 309. The van der Waals surface area contributed by atoms with Gasteiger partial charge in [0.15, 0.2) is 0 Å². The Hall–Kier alpha value is -0.480. The van der Waals surface area contributed by atoms with Crippen LogP contribution in [0.25, 0.3) is 0 Å². The smallest absolute Gasteiger partial charge is 0.291 e. The number of H-pyrrole nitrogens is 1. The van der Waals surface area contributed by atoms with E-state index in [-0.39, 0.29) is 5.02 Å². The molecule has 0 fully saturated rings. The van der Waals surface area contributed by atoms with Gasteiger partial charge in [-0.25, -0.2) is 0 Å². The van der Waals surface area contributed by atoms with Crippen molar-refractivity contribution < 1.29 is 5.11 Å². The second-order valence-corrected chi connectivity index (χ2v) is 2.86. The molecular formula is C5H3BrClNO2. The van der Waals surface area contributed by atoms with E-state index in [1.807, 2.05) is 0 Å². The van der Waals surface area contributed by atoms with Gasteiger partial charge in [0.2, 0.25) is 5.75 Å². The largest absolute Gasteiger partial charge is 0.502 e. The van der Waals surface area contributed by atoms with E-state index in [4.69, 9.17) is 16.7 Å². The van der Waals surface area contributed by atoms with E-state index in [1.54, 1.807) is 0 Å². The molecule has 1 rings (SSSR count). The van der Waals surface area contributed by atoms with Crippen molar-refractivity contribution in [3.63, 3.8) is 0 Å². The van der Waals surface area contributed by atoms with E-state index in [0.717, 1.165) is 0 Å². The average molecular weight is 224 g/mol. The van der Waals surface area contributed by atoms with Gasteiger partial charge in [-0.1, -0.05) is 11.6 Å². The third-order valence-corrected chi connectivity index (χ3v) is 2.20. The Labute approximate surface area is 69.8 Å². The number of halogens is 2. The van der Waals surface area contributed by atoms with Crippen molar-refractivity contribution in [2.75, 3.05) is 0 Å². The lowest BCUT2D eigenvalue weighted by Gasteiger charge is -1.95. The van der Waals surface area contributed by atoms with Gasteiger partial charge < -0.3 is 10.1 Å². The number of nitrogens with one attached hydrogen (secondary N) is 1. The molecule has 0 aromatic carbocycles. The fourth-order valence-corrected chi connectivity index (χ4v) is 0.916. The first kappa shape index (κ1) is 7.63. The van der Waals surface area contributed by atoms with Crippen molar-refractivity contribution in [1.29, 1.82) is 0 Å². The van der Waals surface area contributed by atoms with Crippen LogP contribution in [0, 0.1) is 0 Å².